The molecule has 0 saturated carbocycles. The van der Waals surface area contributed by atoms with Crippen LogP contribution < -0.4 is 0 Å². The smallest absolute Gasteiger partial charge is 0.150 e. The first-order valence-electron chi connectivity index (χ1n) is 11.5. The second-order valence-electron chi connectivity index (χ2n) is 7.49. The third-order valence-electron chi connectivity index (χ3n) is 4.82. The van der Waals surface area contributed by atoms with Crippen LogP contribution in [0.1, 0.15) is 67.6 Å². The number of carbonyl (C=O) groups is 1. The third kappa shape index (κ3) is 7.15. The average molecular weight is 441 g/mol. The summed E-state index contributed by atoms with van der Waals surface area (Å²) in [5.74, 6) is 0. The average Bonchev–Trinajstić information content (AvgIpc) is 3.34. The van der Waals surface area contributed by atoms with Crippen molar-refractivity contribution in [3.05, 3.63) is 95.1 Å². The van der Waals surface area contributed by atoms with E-state index in [-0.39, 0.29) is 6.10 Å². The molecule has 33 heavy (non-hydrogen) atoms. The molecule has 1 aliphatic heterocycles. The zero-order valence-corrected chi connectivity index (χ0v) is 19.9. The van der Waals surface area contributed by atoms with Gasteiger partial charge >= 0.3 is 0 Å². The molecular formula is C29H32N2O2. The molecule has 0 N–H and O–H groups in total. The number of oxime groups is 1. The van der Waals surface area contributed by atoms with E-state index in [0.29, 0.717) is 17.5 Å². The van der Waals surface area contributed by atoms with Gasteiger partial charge in [-0.1, -0.05) is 87.8 Å². The van der Waals surface area contributed by atoms with Crippen molar-refractivity contribution in [3.63, 3.8) is 0 Å². The van der Waals surface area contributed by atoms with Crippen molar-refractivity contribution in [3.8, 4) is 17.2 Å². The monoisotopic (exact) mass is 440 g/mol. The maximum Gasteiger partial charge on any atom is 0.150 e. The number of nitriles is 1. The van der Waals surface area contributed by atoms with Crippen LogP contribution in [0, 0.1) is 11.3 Å². The molecule has 0 amide bonds. The Morgan fingerprint density at radius 3 is 2.30 bits per heavy atom. The Kier molecular flexibility index (Phi) is 10.6. The molecular weight excluding hydrogens is 408 g/mol. The van der Waals surface area contributed by atoms with Crippen LogP contribution in [0.4, 0.5) is 0 Å². The molecule has 0 aromatic heterocycles. The van der Waals surface area contributed by atoms with E-state index >= 15 is 0 Å². The maximum atomic E-state index is 11.5. The van der Waals surface area contributed by atoms with Gasteiger partial charge in [0.25, 0.3) is 0 Å². The Bertz CT molecular complexity index is 1100. The maximum absolute atomic E-state index is 11.5. The second kappa shape index (κ2) is 13.6. The highest BCUT2D eigenvalue weighted by Gasteiger charge is 2.23. The quantitative estimate of drug-likeness (QED) is 0.394. The molecule has 4 heteroatoms. The van der Waals surface area contributed by atoms with Crippen LogP contribution in [-0.4, -0.2) is 18.1 Å². The van der Waals surface area contributed by atoms with E-state index in [0.717, 1.165) is 35.1 Å². The molecule has 3 aromatic rings. The lowest BCUT2D eigenvalue weighted by molar-refractivity contribution is 0.0859. The molecule has 3 aromatic carbocycles. The Labute approximate surface area is 197 Å². The normalized spacial score (nSPS) is 13.8. The molecule has 4 nitrogen and oxygen atoms in total. The molecule has 0 spiro atoms. The number of aldehydes is 1. The van der Waals surface area contributed by atoms with Gasteiger partial charge in [0, 0.05) is 24.0 Å². The minimum absolute atomic E-state index is 0.0212. The minimum atomic E-state index is -0.0212. The van der Waals surface area contributed by atoms with Crippen LogP contribution in [0.5, 0.6) is 0 Å². The zero-order chi connectivity index (χ0) is 24.1. The summed E-state index contributed by atoms with van der Waals surface area (Å²) in [6.45, 7) is 8.25. The summed E-state index contributed by atoms with van der Waals surface area (Å²) < 4.78 is 0. The fraction of sp³-hybridized carbons (Fsp3) is 0.276. The third-order valence-corrected chi connectivity index (χ3v) is 4.82. The number of hydrogen-bond donors (Lipinski definition) is 0. The lowest BCUT2D eigenvalue weighted by atomic mass is 9.93. The molecule has 0 bridgehead atoms. The summed E-state index contributed by atoms with van der Waals surface area (Å²) in [4.78, 5) is 17.1. The van der Waals surface area contributed by atoms with Gasteiger partial charge in [-0.25, -0.2) is 0 Å². The summed E-state index contributed by atoms with van der Waals surface area (Å²) >= 11 is 0. The first-order valence-corrected chi connectivity index (χ1v) is 11.5. The molecule has 170 valence electrons. The summed E-state index contributed by atoms with van der Waals surface area (Å²) in [6, 6.07) is 25.3. The summed E-state index contributed by atoms with van der Waals surface area (Å²) in [5, 5.41) is 13.7. The van der Waals surface area contributed by atoms with E-state index in [1.165, 1.54) is 12.0 Å². The lowest BCUT2D eigenvalue weighted by Gasteiger charge is -2.09. The molecule has 0 saturated heterocycles. The van der Waals surface area contributed by atoms with Gasteiger partial charge in [0.1, 0.15) is 12.4 Å². The van der Waals surface area contributed by atoms with Crippen LogP contribution >= 0.6 is 0 Å². The number of rotatable bonds is 5. The van der Waals surface area contributed by atoms with Crippen LogP contribution in [-0.2, 0) is 11.3 Å². The number of hydrogen-bond acceptors (Lipinski definition) is 4. The van der Waals surface area contributed by atoms with E-state index in [4.69, 9.17) is 4.84 Å². The van der Waals surface area contributed by atoms with Crippen molar-refractivity contribution in [2.75, 3.05) is 0 Å². The van der Waals surface area contributed by atoms with Crippen LogP contribution in [0.15, 0.2) is 78.0 Å². The highest BCUT2D eigenvalue weighted by Crippen LogP contribution is 2.28. The summed E-state index contributed by atoms with van der Waals surface area (Å²) in [5.41, 5.74) is 5.62. The second-order valence-corrected chi connectivity index (χ2v) is 7.49. The van der Waals surface area contributed by atoms with E-state index in [1.807, 2.05) is 62.4 Å². The van der Waals surface area contributed by atoms with Crippen LogP contribution in [0.3, 0.4) is 0 Å². The molecule has 1 unspecified atom stereocenters. The summed E-state index contributed by atoms with van der Waals surface area (Å²) in [7, 11) is 0. The highest BCUT2D eigenvalue weighted by molar-refractivity contribution is 6.03. The first-order chi connectivity index (χ1) is 16.2. The Hall–Kier alpha value is -3.71. The number of nitrogens with zero attached hydrogens (tertiary/aromatic N) is 2. The molecule has 4 rings (SSSR count). The SMILES string of the molecule is CC.CCC.N#Cc1ccccc1-c1cc(C=O)cc(C2=NOC(Cc3ccccc3)C2)c1. The number of benzene rings is 3. The highest BCUT2D eigenvalue weighted by atomic mass is 16.6. The van der Waals surface area contributed by atoms with Crippen LogP contribution in [0.2, 0.25) is 0 Å². The van der Waals surface area contributed by atoms with E-state index in [2.05, 4.69) is 37.2 Å². The van der Waals surface area contributed by atoms with Crippen molar-refractivity contribution in [1.29, 1.82) is 5.26 Å². The van der Waals surface area contributed by atoms with Crippen LogP contribution in [0.25, 0.3) is 11.1 Å². The standard InChI is InChI=1S/C24H18N2O2.C3H8.C2H6/c25-15-19-8-4-5-9-23(19)20-10-18(16-27)11-21(13-20)24-14-22(28-26-24)12-17-6-2-1-3-7-17;1-3-2;1-2/h1-11,13,16,22H,12,14H2;3H2,1-2H3;1-2H3. The van der Waals surface area contributed by atoms with Crippen molar-refractivity contribution in [1.82, 2.24) is 0 Å². The molecule has 1 atom stereocenters. The van der Waals surface area contributed by atoms with Gasteiger partial charge in [-0.15, -0.1) is 0 Å². The van der Waals surface area contributed by atoms with Gasteiger partial charge in [0.05, 0.1) is 17.3 Å². The largest absolute Gasteiger partial charge is 0.391 e. The van der Waals surface area contributed by atoms with E-state index in [1.54, 1.807) is 12.1 Å². The molecule has 1 aliphatic rings. The predicted molar refractivity (Wildman–Crippen MR) is 135 cm³/mol. The predicted octanol–water partition coefficient (Wildman–Crippen LogP) is 7.22. The molecule has 0 fully saturated rings. The Morgan fingerprint density at radius 1 is 1.00 bits per heavy atom. The summed E-state index contributed by atoms with van der Waals surface area (Å²) in [6.07, 6.45) is 3.51. The van der Waals surface area contributed by atoms with Gasteiger partial charge in [0.15, 0.2) is 0 Å². The first kappa shape index (κ1) is 25.5. The zero-order valence-electron chi connectivity index (χ0n) is 19.9. The fourth-order valence-corrected chi connectivity index (χ4v) is 3.46. The van der Waals surface area contributed by atoms with Crippen molar-refractivity contribution in [2.45, 2.75) is 53.1 Å². The minimum Gasteiger partial charge on any atom is -0.391 e. The van der Waals surface area contributed by atoms with Gasteiger partial charge in [0.2, 0.25) is 0 Å². The van der Waals surface area contributed by atoms with Gasteiger partial charge in [-0.05, 0) is 41.0 Å². The van der Waals surface area contributed by atoms with E-state index in [9.17, 15) is 10.1 Å². The molecule has 0 aliphatic carbocycles. The number of carbonyl (C=O) groups excluding carboxylic acids is 1. The molecule has 0 radical (unpaired) electrons. The topological polar surface area (TPSA) is 62.5 Å². The van der Waals surface area contributed by atoms with Crippen molar-refractivity contribution < 1.29 is 9.63 Å². The van der Waals surface area contributed by atoms with Crippen molar-refractivity contribution in [2.24, 2.45) is 5.16 Å². The Morgan fingerprint density at radius 2 is 1.64 bits per heavy atom. The van der Waals surface area contributed by atoms with Gasteiger partial charge < -0.3 is 4.84 Å². The lowest BCUT2D eigenvalue weighted by Crippen LogP contribution is -2.12. The van der Waals surface area contributed by atoms with Gasteiger partial charge in [-0.2, -0.15) is 5.26 Å². The van der Waals surface area contributed by atoms with Gasteiger partial charge in [-0.3, -0.25) is 4.79 Å². The fourth-order valence-electron chi connectivity index (χ4n) is 3.46. The molecule has 1 heterocycles. The Balaban J connectivity index is 0.000000714. The van der Waals surface area contributed by atoms with Crippen molar-refractivity contribution >= 4 is 12.0 Å². The van der Waals surface area contributed by atoms with E-state index < -0.39 is 0 Å².